The fourth-order valence-corrected chi connectivity index (χ4v) is 5.50. The van der Waals surface area contributed by atoms with Gasteiger partial charge in [0.15, 0.2) is 0 Å². The summed E-state index contributed by atoms with van der Waals surface area (Å²) in [5.74, 6) is -0.808. The number of fused-ring (bicyclic) bond motifs is 2. The Labute approximate surface area is 274 Å². The lowest BCUT2D eigenvalue weighted by molar-refractivity contribution is 0.0939. The van der Waals surface area contributed by atoms with Crippen LogP contribution >= 0.6 is 0 Å². The molecule has 0 bridgehead atoms. The quantitative estimate of drug-likeness (QED) is 0.180. The van der Waals surface area contributed by atoms with E-state index in [0.717, 1.165) is 11.1 Å². The Hall–Kier alpha value is -6.56. The minimum absolute atomic E-state index is 0.0331. The largest absolute Gasteiger partial charge is 0.505 e. The molecule has 7 rings (SSSR count). The zero-order chi connectivity index (χ0) is 33.4. The third-order valence-corrected chi connectivity index (χ3v) is 7.92. The molecule has 4 N–H and O–H groups in total. The third kappa shape index (κ3) is 5.89. The number of hydrogen-bond acceptors (Lipinski definition) is 8. The number of rotatable bonds is 8. The number of phenolic OH excluding ortho intramolecular Hbond substituents is 2. The molecule has 0 spiro atoms. The van der Waals surface area contributed by atoms with Crippen LogP contribution in [0.25, 0.3) is 33.4 Å². The molecule has 0 fully saturated rings. The van der Waals surface area contributed by atoms with Crippen LogP contribution in [-0.4, -0.2) is 52.0 Å². The van der Waals surface area contributed by atoms with E-state index in [4.69, 9.17) is 0 Å². The summed E-state index contributed by atoms with van der Waals surface area (Å²) in [6.45, 7) is 3.90. The van der Waals surface area contributed by atoms with Crippen molar-refractivity contribution < 1.29 is 19.8 Å². The first-order valence-corrected chi connectivity index (χ1v) is 15.2. The fraction of sp³-hybridized carbons (Fsp3) is 0.111. The fourth-order valence-electron chi connectivity index (χ4n) is 5.50. The van der Waals surface area contributed by atoms with Gasteiger partial charge < -0.3 is 20.8 Å². The van der Waals surface area contributed by atoms with Crippen LogP contribution in [0, 0.1) is 13.8 Å². The van der Waals surface area contributed by atoms with Crippen molar-refractivity contribution in [1.29, 1.82) is 0 Å². The van der Waals surface area contributed by atoms with Gasteiger partial charge in [-0.05, 0) is 85.6 Å². The number of benzene rings is 5. The molecule has 48 heavy (non-hydrogen) atoms. The molecule has 12 nitrogen and oxygen atoms in total. The molecule has 7 aromatic rings. The predicted octanol–water partition coefficient (Wildman–Crippen LogP) is 5.04. The van der Waals surface area contributed by atoms with Crippen LogP contribution in [0.5, 0.6) is 11.5 Å². The van der Waals surface area contributed by atoms with E-state index in [-0.39, 0.29) is 36.4 Å². The van der Waals surface area contributed by atoms with Crippen molar-refractivity contribution in [2.24, 2.45) is 0 Å². The van der Waals surface area contributed by atoms with Crippen LogP contribution in [0.15, 0.2) is 97.1 Å². The Morgan fingerprint density at radius 3 is 1.23 bits per heavy atom. The zero-order valence-electron chi connectivity index (χ0n) is 26.0. The highest BCUT2D eigenvalue weighted by atomic mass is 16.3. The molecule has 12 heteroatoms. The average Bonchev–Trinajstić information content (AvgIpc) is 3.73. The number of hydrogen-bond donors (Lipinski definition) is 4. The lowest BCUT2D eigenvalue weighted by Crippen LogP contribution is -2.24. The lowest BCUT2D eigenvalue weighted by Gasteiger charge is -2.13. The normalized spacial score (nSPS) is 11.2. The van der Waals surface area contributed by atoms with Crippen molar-refractivity contribution in [3.63, 3.8) is 0 Å². The molecule has 0 atom stereocenters. The molecule has 2 amide bonds. The maximum Gasteiger partial charge on any atom is 0.251 e. The number of aromatic nitrogens is 6. The minimum atomic E-state index is -0.371. The second-order valence-corrected chi connectivity index (χ2v) is 11.5. The number of nitrogens with one attached hydrogen (secondary N) is 2. The number of phenols is 2. The first kappa shape index (κ1) is 30.1. The van der Waals surface area contributed by atoms with Gasteiger partial charge in [-0.2, -0.15) is 0 Å². The molecule has 0 unspecified atom stereocenters. The van der Waals surface area contributed by atoms with Gasteiger partial charge in [0.25, 0.3) is 11.8 Å². The second-order valence-electron chi connectivity index (χ2n) is 11.5. The summed E-state index contributed by atoms with van der Waals surface area (Å²) in [5.41, 5.74) is 7.06. The predicted molar refractivity (Wildman–Crippen MR) is 179 cm³/mol. The van der Waals surface area contributed by atoms with Gasteiger partial charge in [-0.15, -0.1) is 30.0 Å². The van der Waals surface area contributed by atoms with Crippen LogP contribution in [0.3, 0.4) is 0 Å². The summed E-state index contributed by atoms with van der Waals surface area (Å²) in [5, 5.41) is 45.6. The third-order valence-electron chi connectivity index (χ3n) is 7.92. The molecule has 0 saturated heterocycles. The van der Waals surface area contributed by atoms with Gasteiger partial charge in [0, 0.05) is 35.3 Å². The maximum absolute atomic E-state index is 13.0. The van der Waals surface area contributed by atoms with Crippen molar-refractivity contribution in [3.05, 3.63) is 130 Å². The van der Waals surface area contributed by atoms with Gasteiger partial charge in [-0.1, -0.05) is 36.4 Å². The number of carbonyl (C=O) groups is 2. The van der Waals surface area contributed by atoms with Gasteiger partial charge in [0.1, 0.15) is 44.9 Å². The van der Waals surface area contributed by atoms with Gasteiger partial charge >= 0.3 is 0 Å². The lowest BCUT2D eigenvalue weighted by atomic mass is 10.1. The van der Waals surface area contributed by atoms with Crippen molar-refractivity contribution in [2.45, 2.75) is 26.9 Å². The minimum Gasteiger partial charge on any atom is -0.505 e. The summed E-state index contributed by atoms with van der Waals surface area (Å²) in [7, 11) is 0. The van der Waals surface area contributed by atoms with Crippen molar-refractivity contribution in [3.8, 4) is 22.9 Å². The van der Waals surface area contributed by atoms with Crippen molar-refractivity contribution in [1.82, 2.24) is 40.6 Å². The maximum atomic E-state index is 13.0. The Morgan fingerprint density at radius 2 is 0.896 bits per heavy atom. The summed E-state index contributed by atoms with van der Waals surface area (Å²) in [6, 6.07) is 28.2. The highest BCUT2D eigenvalue weighted by Crippen LogP contribution is 2.29. The molecule has 0 aliphatic carbocycles. The van der Waals surface area contributed by atoms with E-state index in [2.05, 4.69) is 31.0 Å². The van der Waals surface area contributed by atoms with Crippen molar-refractivity contribution >= 4 is 33.9 Å². The zero-order valence-corrected chi connectivity index (χ0v) is 26.0. The number of amides is 2. The van der Waals surface area contributed by atoms with Gasteiger partial charge in [-0.3, -0.25) is 9.59 Å². The van der Waals surface area contributed by atoms with E-state index in [1.807, 2.05) is 62.4 Å². The van der Waals surface area contributed by atoms with Gasteiger partial charge in [-0.25, -0.2) is 0 Å². The molecular weight excluding hydrogens is 608 g/mol. The molecular formula is C36H30N8O4. The smallest absolute Gasteiger partial charge is 0.251 e. The topological polar surface area (TPSA) is 160 Å². The van der Waals surface area contributed by atoms with Gasteiger partial charge in [0.05, 0.1) is 0 Å². The highest BCUT2D eigenvalue weighted by molar-refractivity contribution is 5.97. The molecule has 0 saturated carbocycles. The summed E-state index contributed by atoms with van der Waals surface area (Å²) in [6.07, 6.45) is 0. The molecule has 238 valence electrons. The van der Waals surface area contributed by atoms with Crippen LogP contribution in [0.2, 0.25) is 0 Å². The van der Waals surface area contributed by atoms with Gasteiger partial charge in [0.2, 0.25) is 0 Å². The van der Waals surface area contributed by atoms with E-state index in [9.17, 15) is 19.8 Å². The SMILES string of the molecule is Cc1cc(CNC(=O)c2ccc(C(=O)NCc3cc(C)cc(-n4nc5ccccc5n4)c3O)cc2)c(O)c(-n2nc3ccccc3n2)c1. The van der Waals surface area contributed by atoms with Crippen LogP contribution in [0.4, 0.5) is 0 Å². The number of aromatic hydroxyl groups is 2. The molecule has 2 heterocycles. The molecule has 0 aliphatic rings. The van der Waals surface area contributed by atoms with E-state index in [1.165, 1.54) is 9.59 Å². The summed E-state index contributed by atoms with van der Waals surface area (Å²) in [4.78, 5) is 28.8. The van der Waals surface area contributed by atoms with Crippen LogP contribution in [0.1, 0.15) is 43.0 Å². The molecule has 0 radical (unpaired) electrons. The number of nitrogens with zero attached hydrogens (tertiary/aromatic N) is 6. The van der Waals surface area contributed by atoms with E-state index in [1.54, 1.807) is 48.5 Å². The number of aryl methyl sites for hydroxylation is 2. The standard InChI is InChI=1S/C36H30N8O4/c1-21-15-25(33(45)31(17-21)43-39-27-7-3-4-8-28(27)40-43)19-37-35(47)23-11-13-24(14-12-23)36(48)38-20-26-16-22(2)18-32(34(26)46)44-41-29-9-5-6-10-30(29)42-44/h3-18,45-46H,19-20H2,1-2H3,(H,37,47)(H,38,48). The molecule has 5 aromatic carbocycles. The highest BCUT2D eigenvalue weighted by Gasteiger charge is 2.17. The molecule has 2 aromatic heterocycles. The number of carbonyl (C=O) groups excluding carboxylic acids is 2. The van der Waals surface area contributed by atoms with E-state index in [0.29, 0.717) is 55.7 Å². The van der Waals surface area contributed by atoms with Crippen LogP contribution < -0.4 is 10.6 Å². The van der Waals surface area contributed by atoms with Crippen molar-refractivity contribution in [2.75, 3.05) is 0 Å². The van der Waals surface area contributed by atoms with E-state index < -0.39 is 0 Å². The first-order chi connectivity index (χ1) is 23.2. The summed E-state index contributed by atoms with van der Waals surface area (Å²) >= 11 is 0. The monoisotopic (exact) mass is 638 g/mol. The first-order valence-electron chi connectivity index (χ1n) is 15.2. The van der Waals surface area contributed by atoms with Crippen LogP contribution in [-0.2, 0) is 13.1 Å². The second kappa shape index (κ2) is 12.3. The molecule has 0 aliphatic heterocycles. The summed E-state index contributed by atoms with van der Waals surface area (Å²) < 4.78 is 0. The Morgan fingerprint density at radius 1 is 0.562 bits per heavy atom. The Bertz CT molecular complexity index is 2110. The average molecular weight is 639 g/mol. The Kier molecular flexibility index (Phi) is 7.73. The van der Waals surface area contributed by atoms with E-state index >= 15 is 0 Å². The Balaban J connectivity index is 1.00.